The maximum Gasteiger partial charge on any atom is 0.289 e. The molecule has 2 fully saturated rings. The van der Waals surface area contributed by atoms with Gasteiger partial charge in [-0.15, -0.1) is 0 Å². The molecule has 3 rings (SSSR count). The maximum atomic E-state index is 12.2. The Morgan fingerprint density at radius 1 is 1.40 bits per heavy atom. The van der Waals surface area contributed by atoms with Crippen molar-refractivity contribution in [2.75, 3.05) is 46.4 Å². The number of likely N-dealkylation sites (tertiary alicyclic amines) is 2. The van der Waals surface area contributed by atoms with Gasteiger partial charge < -0.3 is 19.0 Å². The van der Waals surface area contributed by atoms with Crippen LogP contribution >= 0.6 is 0 Å². The fourth-order valence-electron chi connectivity index (χ4n) is 3.31. The lowest BCUT2D eigenvalue weighted by molar-refractivity contribution is 0.00730. The fourth-order valence-corrected chi connectivity index (χ4v) is 3.31. The number of furan rings is 1. The van der Waals surface area contributed by atoms with Gasteiger partial charge in [0.2, 0.25) is 0 Å². The van der Waals surface area contributed by atoms with Crippen LogP contribution in [-0.4, -0.2) is 62.1 Å². The molecule has 3 heterocycles. The molecule has 0 N–H and O–H groups in total. The predicted octanol–water partition coefficient (Wildman–Crippen LogP) is 1.38. The van der Waals surface area contributed by atoms with Gasteiger partial charge in [0.25, 0.3) is 5.91 Å². The van der Waals surface area contributed by atoms with E-state index >= 15 is 0 Å². The third kappa shape index (κ3) is 2.47. The van der Waals surface area contributed by atoms with Gasteiger partial charge in [-0.2, -0.15) is 0 Å². The molecule has 1 aromatic rings. The number of hydrogen-bond donors (Lipinski definition) is 0. The first kappa shape index (κ1) is 13.6. The van der Waals surface area contributed by atoms with Gasteiger partial charge in [0, 0.05) is 38.7 Å². The van der Waals surface area contributed by atoms with E-state index in [-0.39, 0.29) is 5.91 Å². The minimum atomic E-state index is 0.0269. The number of carbonyl (C=O) groups excluding carboxylic acids is 1. The van der Waals surface area contributed by atoms with Crippen molar-refractivity contribution in [3.63, 3.8) is 0 Å². The summed E-state index contributed by atoms with van der Waals surface area (Å²) < 4.78 is 10.5. The molecule has 1 spiro atoms. The van der Waals surface area contributed by atoms with Crippen molar-refractivity contribution in [3.8, 4) is 0 Å². The third-order valence-electron chi connectivity index (χ3n) is 4.42. The molecule has 0 bridgehead atoms. The van der Waals surface area contributed by atoms with Crippen molar-refractivity contribution in [1.29, 1.82) is 0 Å². The molecule has 20 heavy (non-hydrogen) atoms. The van der Waals surface area contributed by atoms with Gasteiger partial charge in [0.05, 0.1) is 6.61 Å². The molecule has 2 aliphatic rings. The Balaban J connectivity index is 1.52. The summed E-state index contributed by atoms with van der Waals surface area (Å²) >= 11 is 0. The van der Waals surface area contributed by atoms with Crippen LogP contribution in [0.5, 0.6) is 0 Å². The standard InChI is InChI=1S/C15H22N2O3/c1-12-3-4-13(20-12)14(18)17-10-15(11-17)5-6-16(9-15)7-8-19-2/h3-4H,5-11H2,1-2H3. The van der Waals surface area contributed by atoms with Crippen molar-refractivity contribution in [1.82, 2.24) is 9.80 Å². The number of aryl methyl sites for hydroxylation is 1. The second kappa shape index (κ2) is 5.22. The molecule has 2 aliphatic heterocycles. The van der Waals surface area contributed by atoms with Crippen LogP contribution in [0.15, 0.2) is 16.5 Å². The van der Waals surface area contributed by atoms with Crippen LogP contribution < -0.4 is 0 Å². The number of hydrogen-bond acceptors (Lipinski definition) is 4. The number of ether oxygens (including phenoxy) is 1. The predicted molar refractivity (Wildman–Crippen MR) is 74.7 cm³/mol. The zero-order chi connectivity index (χ0) is 14.2. The highest BCUT2D eigenvalue weighted by atomic mass is 16.5. The van der Waals surface area contributed by atoms with E-state index in [1.54, 1.807) is 13.2 Å². The summed E-state index contributed by atoms with van der Waals surface area (Å²) in [7, 11) is 1.74. The van der Waals surface area contributed by atoms with E-state index in [1.165, 1.54) is 6.42 Å². The molecule has 2 saturated heterocycles. The van der Waals surface area contributed by atoms with Crippen LogP contribution in [0.1, 0.15) is 22.7 Å². The van der Waals surface area contributed by atoms with E-state index in [1.807, 2.05) is 17.9 Å². The monoisotopic (exact) mass is 278 g/mol. The Bertz CT molecular complexity index is 491. The van der Waals surface area contributed by atoms with Crippen LogP contribution in [-0.2, 0) is 4.74 Å². The Morgan fingerprint density at radius 2 is 2.20 bits per heavy atom. The van der Waals surface area contributed by atoms with Gasteiger partial charge in [-0.1, -0.05) is 0 Å². The topological polar surface area (TPSA) is 45.9 Å². The van der Waals surface area contributed by atoms with Crippen molar-refractivity contribution >= 4 is 5.91 Å². The normalized spacial score (nSPS) is 21.4. The van der Waals surface area contributed by atoms with E-state index in [9.17, 15) is 4.79 Å². The van der Waals surface area contributed by atoms with Gasteiger partial charge >= 0.3 is 0 Å². The summed E-state index contributed by atoms with van der Waals surface area (Å²) in [6, 6.07) is 3.60. The van der Waals surface area contributed by atoms with Crippen LogP contribution in [0.25, 0.3) is 0 Å². The SMILES string of the molecule is COCCN1CCC2(C1)CN(C(=O)c1ccc(C)o1)C2. The second-order valence-corrected chi connectivity index (χ2v) is 6.09. The van der Waals surface area contributed by atoms with Crippen LogP contribution in [0.3, 0.4) is 0 Å². The quantitative estimate of drug-likeness (QED) is 0.835. The first-order chi connectivity index (χ1) is 9.62. The lowest BCUT2D eigenvalue weighted by Crippen LogP contribution is -2.59. The number of carbonyl (C=O) groups is 1. The van der Waals surface area contributed by atoms with Crippen molar-refractivity contribution < 1.29 is 13.9 Å². The second-order valence-electron chi connectivity index (χ2n) is 6.09. The molecule has 0 aliphatic carbocycles. The summed E-state index contributed by atoms with van der Waals surface area (Å²) in [5, 5.41) is 0. The lowest BCUT2D eigenvalue weighted by Gasteiger charge is -2.47. The molecular formula is C15H22N2O3. The van der Waals surface area contributed by atoms with E-state index in [0.29, 0.717) is 11.2 Å². The Kier molecular flexibility index (Phi) is 3.56. The number of rotatable bonds is 4. The Labute approximate surface area is 119 Å². The van der Waals surface area contributed by atoms with E-state index in [2.05, 4.69) is 4.90 Å². The highest BCUT2D eigenvalue weighted by molar-refractivity contribution is 5.92. The summed E-state index contributed by atoms with van der Waals surface area (Å²) in [4.78, 5) is 16.6. The first-order valence-corrected chi connectivity index (χ1v) is 7.19. The summed E-state index contributed by atoms with van der Waals surface area (Å²) in [6.07, 6.45) is 1.18. The maximum absolute atomic E-state index is 12.2. The average Bonchev–Trinajstić information content (AvgIpc) is 3.00. The molecule has 0 saturated carbocycles. The van der Waals surface area contributed by atoms with Gasteiger partial charge in [-0.25, -0.2) is 0 Å². The van der Waals surface area contributed by atoms with Gasteiger partial charge in [0.1, 0.15) is 5.76 Å². The summed E-state index contributed by atoms with van der Waals surface area (Å²) in [6.45, 7) is 7.54. The molecule has 1 amide bonds. The Morgan fingerprint density at radius 3 is 2.85 bits per heavy atom. The molecule has 0 unspecified atom stereocenters. The lowest BCUT2D eigenvalue weighted by atomic mass is 9.79. The summed E-state index contributed by atoms with van der Waals surface area (Å²) in [5.74, 6) is 1.28. The zero-order valence-electron chi connectivity index (χ0n) is 12.2. The fraction of sp³-hybridized carbons (Fsp3) is 0.667. The molecule has 110 valence electrons. The minimum Gasteiger partial charge on any atom is -0.456 e. The van der Waals surface area contributed by atoms with Gasteiger partial charge in [-0.05, 0) is 32.0 Å². The van der Waals surface area contributed by atoms with E-state index in [0.717, 1.165) is 45.1 Å². The Hall–Kier alpha value is -1.33. The average molecular weight is 278 g/mol. The molecule has 1 aromatic heterocycles. The molecule has 0 aromatic carbocycles. The number of amides is 1. The molecule has 0 atom stereocenters. The minimum absolute atomic E-state index is 0.0269. The van der Waals surface area contributed by atoms with E-state index < -0.39 is 0 Å². The summed E-state index contributed by atoms with van der Waals surface area (Å²) in [5.41, 5.74) is 0.311. The smallest absolute Gasteiger partial charge is 0.289 e. The third-order valence-corrected chi connectivity index (χ3v) is 4.42. The number of nitrogens with zero attached hydrogens (tertiary/aromatic N) is 2. The van der Waals surface area contributed by atoms with Crippen molar-refractivity contribution in [2.24, 2.45) is 5.41 Å². The largest absolute Gasteiger partial charge is 0.456 e. The molecule has 5 heteroatoms. The zero-order valence-corrected chi connectivity index (χ0v) is 12.2. The van der Waals surface area contributed by atoms with Crippen LogP contribution in [0.2, 0.25) is 0 Å². The van der Waals surface area contributed by atoms with Crippen molar-refractivity contribution in [3.05, 3.63) is 23.7 Å². The van der Waals surface area contributed by atoms with E-state index in [4.69, 9.17) is 9.15 Å². The first-order valence-electron chi connectivity index (χ1n) is 7.19. The van der Waals surface area contributed by atoms with Crippen LogP contribution in [0.4, 0.5) is 0 Å². The molecular weight excluding hydrogens is 256 g/mol. The highest BCUT2D eigenvalue weighted by Gasteiger charge is 2.49. The van der Waals surface area contributed by atoms with Gasteiger partial charge in [0.15, 0.2) is 5.76 Å². The molecule has 5 nitrogen and oxygen atoms in total. The highest BCUT2D eigenvalue weighted by Crippen LogP contribution is 2.40. The van der Waals surface area contributed by atoms with Crippen LogP contribution in [0, 0.1) is 12.3 Å². The number of methoxy groups -OCH3 is 1. The van der Waals surface area contributed by atoms with Gasteiger partial charge in [-0.3, -0.25) is 4.79 Å². The van der Waals surface area contributed by atoms with Crippen molar-refractivity contribution in [2.45, 2.75) is 13.3 Å². The molecule has 0 radical (unpaired) electrons.